The number of carbonyl (C=O) groups excluding carboxylic acids is 1. The molecule has 4 aromatic rings. The van der Waals surface area contributed by atoms with Crippen molar-refractivity contribution >= 4 is 32.7 Å². The highest BCUT2D eigenvalue weighted by molar-refractivity contribution is 9.10. The molecule has 0 N–H and O–H groups in total. The number of Topliss-reactive ketones (excluding diaryl/α,β-unsaturated/α-hetero) is 1. The molecule has 0 radical (unpaired) electrons. The highest BCUT2D eigenvalue weighted by Crippen LogP contribution is 2.31. The van der Waals surface area contributed by atoms with Gasteiger partial charge in [-0.05, 0) is 31.2 Å². The van der Waals surface area contributed by atoms with Gasteiger partial charge in [-0.3, -0.25) is 9.59 Å². The topological polar surface area (TPSA) is 56.5 Å². The van der Waals surface area contributed by atoms with E-state index in [4.69, 9.17) is 9.15 Å². The Morgan fingerprint density at radius 3 is 2.38 bits per heavy atom. The monoisotopic (exact) mass is 448 g/mol. The van der Waals surface area contributed by atoms with E-state index in [0.29, 0.717) is 27.9 Å². The second kappa shape index (κ2) is 8.05. The number of ether oxygens (including phenoxy) is 1. The summed E-state index contributed by atoms with van der Waals surface area (Å²) in [6.07, 6.45) is 0. The Morgan fingerprint density at radius 1 is 0.966 bits per heavy atom. The molecule has 4 rings (SSSR count). The first kappa shape index (κ1) is 19.2. The third-order valence-electron chi connectivity index (χ3n) is 4.58. The predicted molar refractivity (Wildman–Crippen MR) is 117 cm³/mol. The highest BCUT2D eigenvalue weighted by Gasteiger charge is 2.19. The van der Waals surface area contributed by atoms with Gasteiger partial charge in [-0.15, -0.1) is 0 Å². The van der Waals surface area contributed by atoms with E-state index in [2.05, 4.69) is 15.9 Å². The van der Waals surface area contributed by atoms with Crippen LogP contribution < -0.4 is 10.2 Å². The highest BCUT2D eigenvalue weighted by atomic mass is 79.9. The zero-order chi connectivity index (χ0) is 20.4. The fraction of sp³-hybridized carbons (Fsp3) is 0.0833. The fourth-order valence-electron chi connectivity index (χ4n) is 3.01. The van der Waals surface area contributed by atoms with Crippen molar-refractivity contribution in [2.45, 2.75) is 6.92 Å². The lowest BCUT2D eigenvalue weighted by Crippen LogP contribution is -2.17. The third-order valence-corrected chi connectivity index (χ3v) is 5.11. The van der Waals surface area contributed by atoms with E-state index in [1.54, 1.807) is 42.5 Å². The molecule has 0 aliphatic heterocycles. The van der Waals surface area contributed by atoms with Crippen LogP contribution in [0.1, 0.15) is 15.9 Å². The molecule has 0 spiro atoms. The second-order valence-electron chi connectivity index (χ2n) is 6.67. The Hall–Kier alpha value is -3.18. The molecule has 144 valence electrons. The van der Waals surface area contributed by atoms with E-state index in [1.807, 2.05) is 37.3 Å². The number of rotatable bonds is 5. The molecule has 0 saturated heterocycles. The molecular formula is C24H17BrO4. The summed E-state index contributed by atoms with van der Waals surface area (Å²) < 4.78 is 12.6. The maximum atomic E-state index is 13.1. The minimum absolute atomic E-state index is 0.0398. The summed E-state index contributed by atoms with van der Waals surface area (Å²) in [5, 5.41) is 0.412. The van der Waals surface area contributed by atoms with Crippen LogP contribution in [0.15, 0.2) is 86.5 Å². The van der Waals surface area contributed by atoms with E-state index in [1.165, 1.54) is 0 Å². The molecule has 5 heteroatoms. The molecule has 0 atom stereocenters. The number of halogens is 1. The Balaban J connectivity index is 1.75. The van der Waals surface area contributed by atoms with Gasteiger partial charge < -0.3 is 9.15 Å². The van der Waals surface area contributed by atoms with Crippen molar-refractivity contribution in [1.82, 2.24) is 0 Å². The third kappa shape index (κ3) is 4.00. The summed E-state index contributed by atoms with van der Waals surface area (Å²) in [7, 11) is 0. The van der Waals surface area contributed by atoms with Crippen molar-refractivity contribution in [1.29, 1.82) is 0 Å². The number of benzene rings is 3. The lowest BCUT2D eigenvalue weighted by Gasteiger charge is -2.11. The molecular weight excluding hydrogens is 432 g/mol. The Morgan fingerprint density at radius 2 is 1.66 bits per heavy atom. The van der Waals surface area contributed by atoms with E-state index >= 15 is 0 Å². The summed E-state index contributed by atoms with van der Waals surface area (Å²) in [5.41, 5.74) is 2.48. The number of hydrogen-bond acceptors (Lipinski definition) is 4. The van der Waals surface area contributed by atoms with Gasteiger partial charge >= 0.3 is 0 Å². The average molecular weight is 449 g/mol. The minimum Gasteiger partial charge on any atom is -0.478 e. The Bertz CT molecular complexity index is 1240. The molecule has 4 nitrogen and oxygen atoms in total. The van der Waals surface area contributed by atoms with Crippen LogP contribution in [0.2, 0.25) is 0 Å². The number of hydrogen-bond donors (Lipinski definition) is 0. The fourth-order valence-corrected chi connectivity index (χ4v) is 3.27. The molecule has 29 heavy (non-hydrogen) atoms. The van der Waals surface area contributed by atoms with Crippen molar-refractivity contribution < 1.29 is 13.9 Å². The maximum absolute atomic E-state index is 13.1. The molecule has 0 aliphatic carbocycles. The van der Waals surface area contributed by atoms with Gasteiger partial charge in [0.25, 0.3) is 0 Å². The van der Waals surface area contributed by atoms with Gasteiger partial charge in [0.1, 0.15) is 5.58 Å². The number of aryl methyl sites for hydroxylation is 1. The smallest absolute Gasteiger partial charge is 0.235 e. The van der Waals surface area contributed by atoms with Gasteiger partial charge in [0.15, 0.2) is 18.2 Å². The lowest BCUT2D eigenvalue weighted by molar-refractivity contribution is 0.0920. The summed E-state index contributed by atoms with van der Waals surface area (Å²) >= 11 is 3.35. The minimum atomic E-state index is -0.300. The van der Waals surface area contributed by atoms with Gasteiger partial charge in [-0.1, -0.05) is 70.0 Å². The molecule has 0 bridgehead atoms. The van der Waals surface area contributed by atoms with Gasteiger partial charge in [0.05, 0.1) is 5.39 Å². The van der Waals surface area contributed by atoms with E-state index in [9.17, 15) is 9.59 Å². The summed E-state index contributed by atoms with van der Waals surface area (Å²) in [6.45, 7) is 1.72. The van der Waals surface area contributed by atoms with Crippen LogP contribution in [0, 0.1) is 6.92 Å². The van der Waals surface area contributed by atoms with Crippen LogP contribution in [0.5, 0.6) is 5.75 Å². The van der Waals surface area contributed by atoms with Crippen LogP contribution in [0.4, 0.5) is 0 Å². The molecule has 0 aliphatic rings. The van der Waals surface area contributed by atoms with Crippen molar-refractivity contribution in [2.24, 2.45) is 0 Å². The van der Waals surface area contributed by atoms with Crippen LogP contribution in [-0.4, -0.2) is 12.4 Å². The second-order valence-corrected chi connectivity index (χ2v) is 7.59. The predicted octanol–water partition coefficient (Wildman–Crippen LogP) is 5.79. The van der Waals surface area contributed by atoms with Gasteiger partial charge in [-0.2, -0.15) is 0 Å². The zero-order valence-electron chi connectivity index (χ0n) is 15.6. The average Bonchev–Trinajstić information content (AvgIpc) is 2.74. The summed E-state index contributed by atoms with van der Waals surface area (Å²) in [6, 6.07) is 21.6. The zero-order valence-corrected chi connectivity index (χ0v) is 17.2. The standard InChI is InChI=1S/C24H17BrO4/c1-15-6-8-17(9-7-15)23-24(22(27)19-4-2-3-5-21(19)29-23)28-14-20(26)16-10-12-18(25)13-11-16/h2-13H,14H2,1H3. The van der Waals surface area contributed by atoms with Crippen molar-refractivity contribution in [3.63, 3.8) is 0 Å². The number of para-hydroxylation sites is 1. The number of carbonyl (C=O) groups is 1. The number of ketones is 1. The van der Waals surface area contributed by atoms with E-state index in [0.717, 1.165) is 10.0 Å². The molecule has 0 amide bonds. The van der Waals surface area contributed by atoms with Crippen LogP contribution in [0.25, 0.3) is 22.3 Å². The Kier molecular flexibility index (Phi) is 5.32. The van der Waals surface area contributed by atoms with Gasteiger partial charge in [0.2, 0.25) is 11.2 Å². The first-order chi connectivity index (χ1) is 14.0. The van der Waals surface area contributed by atoms with Crippen molar-refractivity contribution in [2.75, 3.05) is 6.61 Å². The van der Waals surface area contributed by atoms with Crippen LogP contribution >= 0.6 is 15.9 Å². The normalized spacial score (nSPS) is 10.8. The van der Waals surface area contributed by atoms with Crippen LogP contribution in [0.3, 0.4) is 0 Å². The molecule has 1 heterocycles. The van der Waals surface area contributed by atoms with Crippen molar-refractivity contribution in [3.8, 4) is 17.1 Å². The summed E-state index contributed by atoms with van der Waals surface area (Å²) in [4.78, 5) is 25.6. The molecule has 0 fully saturated rings. The first-order valence-electron chi connectivity index (χ1n) is 9.07. The summed E-state index contributed by atoms with van der Waals surface area (Å²) in [5.74, 6) is 0.134. The SMILES string of the molecule is Cc1ccc(-c2oc3ccccc3c(=O)c2OCC(=O)c2ccc(Br)cc2)cc1. The Labute approximate surface area is 175 Å². The van der Waals surface area contributed by atoms with Gasteiger partial charge in [-0.25, -0.2) is 0 Å². The van der Waals surface area contributed by atoms with Gasteiger partial charge in [0, 0.05) is 15.6 Å². The molecule has 0 saturated carbocycles. The quantitative estimate of drug-likeness (QED) is 0.362. The molecule has 3 aromatic carbocycles. The van der Waals surface area contributed by atoms with E-state index in [-0.39, 0.29) is 23.6 Å². The van der Waals surface area contributed by atoms with Crippen LogP contribution in [-0.2, 0) is 0 Å². The molecule has 0 unspecified atom stereocenters. The van der Waals surface area contributed by atoms with E-state index < -0.39 is 0 Å². The maximum Gasteiger partial charge on any atom is 0.235 e. The van der Waals surface area contributed by atoms with Crippen molar-refractivity contribution in [3.05, 3.63) is 98.6 Å². The first-order valence-corrected chi connectivity index (χ1v) is 9.86. The molecule has 1 aromatic heterocycles. The number of fused-ring (bicyclic) bond motifs is 1. The lowest BCUT2D eigenvalue weighted by atomic mass is 10.1. The largest absolute Gasteiger partial charge is 0.478 e.